The van der Waals surface area contributed by atoms with Gasteiger partial charge < -0.3 is 9.84 Å². The van der Waals surface area contributed by atoms with E-state index in [1.54, 1.807) is 18.3 Å². The third kappa shape index (κ3) is 2.84. The summed E-state index contributed by atoms with van der Waals surface area (Å²) in [6.07, 6.45) is 0. The number of thiophene rings is 1. The molecule has 0 aliphatic heterocycles. The van der Waals surface area contributed by atoms with Crippen molar-refractivity contribution < 1.29 is 4.52 Å². The first-order valence-corrected chi connectivity index (χ1v) is 7.34. The molecule has 3 rings (SSSR count). The third-order valence-electron chi connectivity index (χ3n) is 2.76. The summed E-state index contributed by atoms with van der Waals surface area (Å²) in [5.74, 6) is 1.15. The quantitative estimate of drug-likeness (QED) is 0.777. The topological polar surface area (TPSA) is 51.0 Å². The Morgan fingerprint density at radius 1 is 1.35 bits per heavy atom. The largest absolute Gasteiger partial charge is 0.380 e. The Morgan fingerprint density at radius 2 is 2.20 bits per heavy atom. The van der Waals surface area contributed by atoms with Crippen LogP contribution in [0.5, 0.6) is 0 Å². The number of nitrogens with zero attached hydrogens (tertiary/aromatic N) is 2. The molecular weight excluding hydrogens is 294 g/mol. The second-order valence-electron chi connectivity index (χ2n) is 4.28. The van der Waals surface area contributed by atoms with Crippen LogP contribution in [-0.4, -0.2) is 10.1 Å². The molecule has 0 spiro atoms. The molecule has 0 unspecified atom stereocenters. The summed E-state index contributed by atoms with van der Waals surface area (Å²) in [6.45, 7) is 2.51. The van der Waals surface area contributed by atoms with Crippen LogP contribution in [0.25, 0.3) is 11.5 Å². The lowest BCUT2D eigenvalue weighted by Gasteiger charge is -2.08. The van der Waals surface area contributed by atoms with Gasteiger partial charge in [0.2, 0.25) is 0 Å². The first-order valence-electron chi connectivity index (χ1n) is 6.09. The number of rotatable bonds is 4. The zero-order chi connectivity index (χ0) is 13.9. The minimum absolute atomic E-state index is 0.523. The molecule has 0 saturated heterocycles. The Morgan fingerprint density at radius 3 is 2.90 bits per heavy atom. The van der Waals surface area contributed by atoms with Gasteiger partial charge in [-0.1, -0.05) is 28.9 Å². The number of nitrogens with one attached hydrogen (secondary N) is 1. The van der Waals surface area contributed by atoms with Crippen molar-refractivity contribution in [3.05, 3.63) is 51.4 Å². The zero-order valence-corrected chi connectivity index (χ0v) is 12.3. The fourth-order valence-corrected chi connectivity index (χ4v) is 2.87. The van der Waals surface area contributed by atoms with E-state index in [9.17, 15) is 0 Å². The van der Waals surface area contributed by atoms with E-state index in [4.69, 9.17) is 16.1 Å². The monoisotopic (exact) mass is 305 g/mol. The number of hydrogen-bond donors (Lipinski definition) is 1. The lowest BCUT2D eigenvalue weighted by Crippen LogP contribution is -1.99. The molecule has 3 aromatic rings. The summed E-state index contributed by atoms with van der Waals surface area (Å²) in [4.78, 5) is 5.44. The van der Waals surface area contributed by atoms with Crippen molar-refractivity contribution in [2.24, 2.45) is 0 Å². The minimum Gasteiger partial charge on any atom is -0.380 e. The molecule has 0 saturated carbocycles. The predicted octanol–water partition coefficient (Wildman–Crippen LogP) is 4.37. The van der Waals surface area contributed by atoms with E-state index >= 15 is 0 Å². The second-order valence-corrected chi connectivity index (χ2v) is 5.71. The van der Waals surface area contributed by atoms with Gasteiger partial charge in [-0.05, 0) is 25.1 Å². The molecule has 0 aliphatic rings. The summed E-state index contributed by atoms with van der Waals surface area (Å²) >= 11 is 7.55. The highest BCUT2D eigenvalue weighted by Gasteiger charge is 2.11. The summed E-state index contributed by atoms with van der Waals surface area (Å²) in [7, 11) is 0. The van der Waals surface area contributed by atoms with Crippen LogP contribution in [0.4, 0.5) is 5.69 Å². The lowest BCUT2D eigenvalue weighted by molar-refractivity contribution is 0.426. The van der Waals surface area contributed by atoms with E-state index in [2.05, 4.69) is 15.5 Å². The molecule has 0 aliphatic carbocycles. The molecule has 0 radical (unpaired) electrons. The van der Waals surface area contributed by atoms with Gasteiger partial charge in [0.15, 0.2) is 5.82 Å². The summed E-state index contributed by atoms with van der Waals surface area (Å²) in [5, 5.41) is 9.89. The minimum atomic E-state index is 0.523. The van der Waals surface area contributed by atoms with Crippen LogP contribution in [0.1, 0.15) is 10.7 Å². The Bertz CT molecular complexity index is 723. The van der Waals surface area contributed by atoms with Crippen molar-refractivity contribution in [1.29, 1.82) is 0 Å². The molecular formula is C14H12ClN3OS. The summed E-state index contributed by atoms with van der Waals surface area (Å²) in [6, 6.07) is 9.82. The van der Waals surface area contributed by atoms with Crippen LogP contribution >= 0.6 is 22.9 Å². The molecule has 0 bridgehead atoms. The number of aryl methyl sites for hydroxylation is 1. The van der Waals surface area contributed by atoms with Crippen molar-refractivity contribution in [2.75, 3.05) is 5.32 Å². The molecule has 1 N–H and O–H groups in total. The van der Waals surface area contributed by atoms with Crippen LogP contribution < -0.4 is 5.32 Å². The number of benzene rings is 1. The molecule has 0 atom stereocenters. The van der Waals surface area contributed by atoms with Crippen LogP contribution in [0, 0.1) is 6.92 Å². The van der Waals surface area contributed by atoms with Crippen LogP contribution in [0.3, 0.4) is 0 Å². The van der Waals surface area contributed by atoms with Crippen molar-refractivity contribution in [1.82, 2.24) is 10.1 Å². The van der Waals surface area contributed by atoms with Gasteiger partial charge in [-0.25, -0.2) is 0 Å². The predicted molar refractivity (Wildman–Crippen MR) is 81.1 cm³/mol. The maximum Gasteiger partial charge on any atom is 0.260 e. The highest BCUT2D eigenvalue weighted by atomic mass is 35.5. The van der Waals surface area contributed by atoms with Crippen LogP contribution in [-0.2, 0) is 6.54 Å². The molecule has 1 aromatic carbocycles. The van der Waals surface area contributed by atoms with Crippen molar-refractivity contribution >= 4 is 28.6 Å². The highest BCUT2D eigenvalue weighted by Crippen LogP contribution is 2.27. The molecule has 0 fully saturated rings. The van der Waals surface area contributed by atoms with Crippen molar-refractivity contribution in [3.63, 3.8) is 0 Å². The van der Waals surface area contributed by atoms with E-state index in [1.807, 2.05) is 35.7 Å². The van der Waals surface area contributed by atoms with Gasteiger partial charge in [-0.15, -0.1) is 11.3 Å². The zero-order valence-electron chi connectivity index (χ0n) is 10.8. The number of aromatic nitrogens is 2. The van der Waals surface area contributed by atoms with Gasteiger partial charge >= 0.3 is 0 Å². The Kier molecular flexibility index (Phi) is 3.71. The third-order valence-corrected chi connectivity index (χ3v) is 4.04. The molecule has 2 aromatic heterocycles. The average Bonchev–Trinajstić information content (AvgIpc) is 3.06. The fourth-order valence-electron chi connectivity index (χ4n) is 1.86. The number of hydrogen-bond acceptors (Lipinski definition) is 5. The van der Waals surface area contributed by atoms with Gasteiger partial charge in [0.05, 0.1) is 10.6 Å². The van der Waals surface area contributed by atoms with E-state index in [0.717, 1.165) is 16.3 Å². The molecule has 2 heterocycles. The Balaban J connectivity index is 1.83. The summed E-state index contributed by atoms with van der Waals surface area (Å²) in [5.41, 5.74) is 1.86. The molecule has 102 valence electrons. The molecule has 4 nitrogen and oxygen atoms in total. The molecule has 20 heavy (non-hydrogen) atoms. The van der Waals surface area contributed by atoms with Gasteiger partial charge in [-0.2, -0.15) is 4.98 Å². The number of para-hydroxylation sites is 1. The van der Waals surface area contributed by atoms with Gasteiger partial charge in [0, 0.05) is 22.5 Å². The SMILES string of the molecule is Cc1noc(-c2ccccc2NCc2cc(Cl)cs2)n1. The van der Waals surface area contributed by atoms with Crippen molar-refractivity contribution in [2.45, 2.75) is 13.5 Å². The van der Waals surface area contributed by atoms with Crippen LogP contribution in [0.15, 0.2) is 40.2 Å². The maximum atomic E-state index is 5.92. The van der Waals surface area contributed by atoms with E-state index in [0.29, 0.717) is 18.3 Å². The standard InChI is InChI=1S/C14H12ClN3OS/c1-9-17-14(19-18-9)12-4-2-3-5-13(12)16-7-11-6-10(15)8-20-11/h2-6,8,16H,7H2,1H3. The Labute approximate surface area is 125 Å². The molecule has 0 amide bonds. The molecule has 6 heteroatoms. The lowest BCUT2D eigenvalue weighted by atomic mass is 10.1. The van der Waals surface area contributed by atoms with E-state index in [1.165, 1.54) is 4.88 Å². The second kappa shape index (κ2) is 5.64. The van der Waals surface area contributed by atoms with E-state index < -0.39 is 0 Å². The number of anilines is 1. The van der Waals surface area contributed by atoms with Gasteiger partial charge in [0.1, 0.15) is 0 Å². The van der Waals surface area contributed by atoms with Gasteiger partial charge in [0.25, 0.3) is 5.89 Å². The van der Waals surface area contributed by atoms with Gasteiger partial charge in [-0.3, -0.25) is 0 Å². The smallest absolute Gasteiger partial charge is 0.260 e. The first kappa shape index (κ1) is 13.1. The average molecular weight is 306 g/mol. The number of halogens is 1. The normalized spacial score (nSPS) is 10.7. The highest BCUT2D eigenvalue weighted by molar-refractivity contribution is 7.10. The van der Waals surface area contributed by atoms with Crippen LogP contribution in [0.2, 0.25) is 5.02 Å². The first-order chi connectivity index (χ1) is 9.72. The Hall–Kier alpha value is -1.85. The fraction of sp³-hybridized carbons (Fsp3) is 0.143. The maximum absolute atomic E-state index is 5.92. The van der Waals surface area contributed by atoms with Crippen molar-refractivity contribution in [3.8, 4) is 11.5 Å². The van der Waals surface area contributed by atoms with E-state index in [-0.39, 0.29) is 0 Å². The summed E-state index contributed by atoms with van der Waals surface area (Å²) < 4.78 is 5.23.